The molecule has 19 heavy (non-hydrogen) atoms. The van der Waals surface area contributed by atoms with Crippen LogP contribution in [-0.4, -0.2) is 9.55 Å². The Labute approximate surface area is 108 Å². The maximum absolute atomic E-state index is 13.8. The summed E-state index contributed by atoms with van der Waals surface area (Å²) in [6.07, 6.45) is 3.17. The van der Waals surface area contributed by atoms with Crippen LogP contribution in [0.25, 0.3) is 0 Å². The first-order valence-corrected chi connectivity index (χ1v) is 5.70. The number of hydrazine groups is 1. The van der Waals surface area contributed by atoms with E-state index in [0.29, 0.717) is 24.5 Å². The molecule has 0 aliphatic heterocycles. The van der Waals surface area contributed by atoms with E-state index in [-0.39, 0.29) is 5.56 Å². The fourth-order valence-corrected chi connectivity index (χ4v) is 1.96. The Kier molecular flexibility index (Phi) is 3.87. The van der Waals surface area contributed by atoms with Crippen LogP contribution in [0, 0.1) is 17.5 Å². The molecule has 0 radical (unpaired) electrons. The van der Waals surface area contributed by atoms with Gasteiger partial charge in [0.15, 0.2) is 0 Å². The molecule has 0 spiro atoms. The third-order valence-corrected chi connectivity index (χ3v) is 2.85. The summed E-state index contributed by atoms with van der Waals surface area (Å²) in [6, 6.07) is 0.236. The van der Waals surface area contributed by atoms with Crippen molar-refractivity contribution in [1.29, 1.82) is 0 Å². The van der Waals surface area contributed by atoms with Gasteiger partial charge >= 0.3 is 0 Å². The molecule has 0 bridgehead atoms. The van der Waals surface area contributed by atoms with Gasteiger partial charge in [0, 0.05) is 36.6 Å². The minimum absolute atomic E-state index is 0.356. The minimum atomic E-state index is -1.01. The fourth-order valence-electron chi connectivity index (χ4n) is 1.96. The van der Waals surface area contributed by atoms with Crippen LogP contribution in [0.3, 0.4) is 0 Å². The standard InChI is InChI=1S/C12H13F3N4/c1-2-19-4-3-17-12(19)11(18-16)10-8(14)5-7(13)6-9(10)15/h3-6,11,18H,2,16H2,1H3. The molecule has 1 unspecified atom stereocenters. The molecule has 2 aromatic rings. The van der Waals surface area contributed by atoms with Gasteiger partial charge in [-0.15, -0.1) is 0 Å². The SMILES string of the molecule is CCn1ccnc1C(NN)c1c(F)cc(F)cc1F. The average molecular weight is 270 g/mol. The van der Waals surface area contributed by atoms with Crippen LogP contribution in [0.1, 0.15) is 24.4 Å². The largest absolute Gasteiger partial charge is 0.334 e. The first-order valence-electron chi connectivity index (χ1n) is 5.70. The van der Waals surface area contributed by atoms with Crippen molar-refractivity contribution >= 4 is 0 Å². The number of hydrogen-bond acceptors (Lipinski definition) is 3. The van der Waals surface area contributed by atoms with Gasteiger partial charge < -0.3 is 4.57 Å². The number of nitrogens with two attached hydrogens (primary N) is 1. The van der Waals surface area contributed by atoms with E-state index in [1.165, 1.54) is 6.20 Å². The number of rotatable bonds is 4. The monoisotopic (exact) mass is 270 g/mol. The van der Waals surface area contributed by atoms with Crippen molar-refractivity contribution in [1.82, 2.24) is 15.0 Å². The Bertz CT molecular complexity index is 559. The van der Waals surface area contributed by atoms with Crippen molar-refractivity contribution in [2.24, 2.45) is 5.84 Å². The van der Waals surface area contributed by atoms with E-state index in [4.69, 9.17) is 5.84 Å². The summed E-state index contributed by atoms with van der Waals surface area (Å²) in [5, 5.41) is 0. The Hall–Kier alpha value is -1.86. The highest BCUT2D eigenvalue weighted by molar-refractivity contribution is 5.29. The second-order valence-electron chi connectivity index (χ2n) is 3.95. The second kappa shape index (κ2) is 5.41. The molecule has 0 aliphatic rings. The number of aryl methyl sites for hydroxylation is 1. The van der Waals surface area contributed by atoms with Gasteiger partial charge in [-0.1, -0.05) is 0 Å². The zero-order chi connectivity index (χ0) is 14.0. The number of hydrogen-bond donors (Lipinski definition) is 2. The van der Waals surface area contributed by atoms with Gasteiger partial charge in [0.05, 0.1) is 0 Å². The molecular formula is C12H13F3N4. The quantitative estimate of drug-likeness (QED) is 0.658. The third kappa shape index (κ3) is 2.47. The first-order chi connectivity index (χ1) is 9.08. The van der Waals surface area contributed by atoms with Crippen molar-refractivity contribution in [3.05, 3.63) is 53.4 Å². The summed E-state index contributed by atoms with van der Waals surface area (Å²) in [7, 11) is 0. The minimum Gasteiger partial charge on any atom is -0.334 e. The molecule has 102 valence electrons. The van der Waals surface area contributed by atoms with Gasteiger partial charge in [-0.3, -0.25) is 5.84 Å². The van der Waals surface area contributed by atoms with Gasteiger partial charge in [0.25, 0.3) is 0 Å². The van der Waals surface area contributed by atoms with E-state index in [1.54, 1.807) is 10.8 Å². The van der Waals surface area contributed by atoms with Crippen LogP contribution in [0.2, 0.25) is 0 Å². The molecule has 0 saturated heterocycles. The molecule has 0 aliphatic carbocycles. The number of imidazole rings is 1. The highest BCUT2D eigenvalue weighted by atomic mass is 19.1. The molecule has 7 heteroatoms. The molecule has 3 N–H and O–H groups in total. The summed E-state index contributed by atoms with van der Waals surface area (Å²) in [5.74, 6) is 2.73. The normalized spacial score (nSPS) is 12.7. The first kappa shape index (κ1) is 13.6. The van der Waals surface area contributed by atoms with Crippen LogP contribution in [0.15, 0.2) is 24.5 Å². The Morgan fingerprint density at radius 3 is 2.47 bits per heavy atom. The second-order valence-corrected chi connectivity index (χ2v) is 3.95. The third-order valence-electron chi connectivity index (χ3n) is 2.85. The summed E-state index contributed by atoms with van der Waals surface area (Å²) in [5.41, 5.74) is 1.95. The van der Waals surface area contributed by atoms with Crippen molar-refractivity contribution < 1.29 is 13.2 Å². The Morgan fingerprint density at radius 2 is 1.95 bits per heavy atom. The van der Waals surface area contributed by atoms with E-state index >= 15 is 0 Å². The molecular weight excluding hydrogens is 257 g/mol. The highest BCUT2D eigenvalue weighted by Gasteiger charge is 2.25. The molecule has 0 fully saturated rings. The van der Waals surface area contributed by atoms with Crippen LogP contribution < -0.4 is 11.3 Å². The Balaban J connectivity index is 2.54. The van der Waals surface area contributed by atoms with Crippen LogP contribution >= 0.6 is 0 Å². The van der Waals surface area contributed by atoms with Crippen LogP contribution in [0.5, 0.6) is 0 Å². The lowest BCUT2D eigenvalue weighted by Gasteiger charge is -2.18. The molecule has 1 aromatic carbocycles. The molecule has 1 heterocycles. The molecule has 0 amide bonds. The summed E-state index contributed by atoms with van der Waals surface area (Å²) >= 11 is 0. The lowest BCUT2D eigenvalue weighted by Crippen LogP contribution is -2.32. The smallest absolute Gasteiger partial charge is 0.134 e. The maximum atomic E-state index is 13.8. The number of aromatic nitrogens is 2. The summed E-state index contributed by atoms with van der Waals surface area (Å²) in [4.78, 5) is 4.03. The van der Waals surface area contributed by atoms with Gasteiger partial charge in [0.1, 0.15) is 29.3 Å². The lowest BCUT2D eigenvalue weighted by atomic mass is 10.0. The Morgan fingerprint density at radius 1 is 1.32 bits per heavy atom. The number of halogens is 3. The van der Waals surface area contributed by atoms with E-state index in [1.807, 2.05) is 6.92 Å². The molecule has 0 saturated carbocycles. The number of nitrogens with one attached hydrogen (secondary N) is 1. The molecule has 1 aromatic heterocycles. The average Bonchev–Trinajstić information content (AvgIpc) is 2.81. The fraction of sp³-hybridized carbons (Fsp3) is 0.250. The lowest BCUT2D eigenvalue weighted by molar-refractivity contribution is 0.474. The predicted molar refractivity (Wildman–Crippen MR) is 63.4 cm³/mol. The van der Waals surface area contributed by atoms with Gasteiger partial charge in [-0.05, 0) is 6.92 Å². The van der Waals surface area contributed by atoms with Gasteiger partial charge in [-0.25, -0.2) is 23.6 Å². The van der Waals surface area contributed by atoms with Crippen LogP contribution in [0.4, 0.5) is 13.2 Å². The highest BCUT2D eigenvalue weighted by Crippen LogP contribution is 2.26. The number of nitrogens with zero attached hydrogens (tertiary/aromatic N) is 2. The zero-order valence-electron chi connectivity index (χ0n) is 10.2. The summed E-state index contributed by atoms with van der Waals surface area (Å²) in [6.45, 7) is 2.42. The summed E-state index contributed by atoms with van der Waals surface area (Å²) < 4.78 is 42.1. The van der Waals surface area contributed by atoms with Crippen LogP contribution in [-0.2, 0) is 6.54 Å². The molecule has 2 rings (SSSR count). The van der Waals surface area contributed by atoms with Crippen molar-refractivity contribution in [2.45, 2.75) is 19.5 Å². The van der Waals surface area contributed by atoms with Crippen molar-refractivity contribution in [2.75, 3.05) is 0 Å². The molecule has 4 nitrogen and oxygen atoms in total. The van der Waals surface area contributed by atoms with E-state index < -0.39 is 23.5 Å². The van der Waals surface area contributed by atoms with E-state index in [9.17, 15) is 13.2 Å². The van der Waals surface area contributed by atoms with Gasteiger partial charge in [-0.2, -0.15) is 0 Å². The van der Waals surface area contributed by atoms with E-state index in [2.05, 4.69) is 10.4 Å². The number of benzene rings is 1. The van der Waals surface area contributed by atoms with Crippen molar-refractivity contribution in [3.8, 4) is 0 Å². The van der Waals surface area contributed by atoms with Gasteiger partial charge in [0.2, 0.25) is 0 Å². The predicted octanol–water partition coefficient (Wildman–Crippen LogP) is 1.87. The topological polar surface area (TPSA) is 55.9 Å². The zero-order valence-corrected chi connectivity index (χ0v) is 10.2. The maximum Gasteiger partial charge on any atom is 0.134 e. The van der Waals surface area contributed by atoms with E-state index in [0.717, 1.165) is 0 Å². The van der Waals surface area contributed by atoms with Crippen molar-refractivity contribution in [3.63, 3.8) is 0 Å². The molecule has 1 atom stereocenters.